The van der Waals surface area contributed by atoms with Gasteiger partial charge < -0.3 is 24.8 Å². The minimum absolute atomic E-state index is 0.0937. The van der Waals surface area contributed by atoms with E-state index in [0.29, 0.717) is 0 Å². The first-order chi connectivity index (χ1) is 10.5. The highest BCUT2D eigenvalue weighted by molar-refractivity contribution is 7.97. The molecule has 1 unspecified atom stereocenters. The van der Waals surface area contributed by atoms with Crippen LogP contribution in [0.3, 0.4) is 0 Å². The lowest BCUT2D eigenvalue weighted by atomic mass is 10.2. The summed E-state index contributed by atoms with van der Waals surface area (Å²) in [6.07, 6.45) is -3.74. The van der Waals surface area contributed by atoms with Gasteiger partial charge in [0.1, 0.15) is 35.9 Å². The lowest BCUT2D eigenvalue weighted by molar-refractivity contribution is -0.294. The normalized spacial score (nSPS) is 41.1. The predicted octanol–water partition coefficient (Wildman–Crippen LogP) is -1.96. The average Bonchev–Trinajstić information content (AvgIpc) is 2.66. The van der Waals surface area contributed by atoms with Gasteiger partial charge in [-0.05, 0) is 13.8 Å². The Morgan fingerprint density at radius 3 is 2.57 bits per heavy atom. The van der Waals surface area contributed by atoms with Gasteiger partial charge in [0, 0.05) is 10.9 Å². The zero-order valence-corrected chi connectivity index (χ0v) is 14.5. The molecule has 2 aliphatic rings. The summed E-state index contributed by atoms with van der Waals surface area (Å²) in [6, 6.07) is 0. The summed E-state index contributed by atoms with van der Waals surface area (Å²) in [4.78, 5) is 0. The Kier molecular flexibility index (Phi) is 5.97. The Morgan fingerprint density at radius 2 is 2.00 bits per heavy atom. The molecule has 6 atom stereocenters. The Labute approximate surface area is 137 Å². The van der Waals surface area contributed by atoms with Gasteiger partial charge in [-0.25, -0.2) is 4.18 Å². The van der Waals surface area contributed by atoms with Crippen molar-refractivity contribution in [3.8, 4) is 0 Å². The number of aliphatic hydroxyl groups is 3. The molecule has 2 heterocycles. The van der Waals surface area contributed by atoms with E-state index < -0.39 is 56.7 Å². The monoisotopic (exact) mass is 375 g/mol. The minimum Gasteiger partial charge on any atom is -0.391 e. The van der Waals surface area contributed by atoms with Crippen LogP contribution in [0, 0.1) is 0 Å². The van der Waals surface area contributed by atoms with Gasteiger partial charge in [-0.1, -0.05) is 0 Å². The highest BCUT2D eigenvalue weighted by atomic mass is 32.3. The molecule has 2 saturated heterocycles. The Bertz CT molecular complexity index is 509. The molecule has 136 valence electrons. The van der Waals surface area contributed by atoms with Crippen molar-refractivity contribution in [3.63, 3.8) is 0 Å². The van der Waals surface area contributed by atoms with Gasteiger partial charge in [-0.3, -0.25) is 4.55 Å². The van der Waals surface area contributed by atoms with Crippen molar-refractivity contribution < 1.29 is 41.9 Å². The van der Waals surface area contributed by atoms with Crippen LogP contribution in [-0.4, -0.2) is 88.5 Å². The third kappa shape index (κ3) is 5.00. The van der Waals surface area contributed by atoms with E-state index in [1.54, 1.807) is 13.8 Å². The molecule has 0 bridgehead atoms. The molecule has 2 rings (SSSR count). The van der Waals surface area contributed by atoms with Gasteiger partial charge in [-0.2, -0.15) is 8.42 Å². The van der Waals surface area contributed by atoms with Crippen LogP contribution in [0.5, 0.6) is 0 Å². The smallest absolute Gasteiger partial charge is 0.391 e. The van der Waals surface area contributed by atoms with Crippen molar-refractivity contribution >= 4 is 21.3 Å². The maximum Gasteiger partial charge on any atom is 0.397 e. The van der Waals surface area contributed by atoms with Crippen molar-refractivity contribution in [2.45, 2.75) is 49.3 Å². The van der Waals surface area contributed by atoms with Crippen molar-refractivity contribution in [3.05, 3.63) is 0 Å². The van der Waals surface area contributed by atoms with E-state index in [1.165, 1.54) is 0 Å². The molecular weight excluding hydrogens is 352 g/mol. The second kappa shape index (κ2) is 7.10. The van der Waals surface area contributed by atoms with Crippen LogP contribution in [0.4, 0.5) is 0 Å². The van der Waals surface area contributed by atoms with Gasteiger partial charge in [0.2, 0.25) is 0 Å². The van der Waals surface area contributed by atoms with Crippen molar-refractivity contribution in [2.24, 2.45) is 0 Å². The summed E-state index contributed by atoms with van der Waals surface area (Å²) in [5, 5.41) is 28.5. The molecule has 2 aliphatic heterocycles. The summed E-state index contributed by atoms with van der Waals surface area (Å²) in [6.45, 7) is 2.94. The predicted molar refractivity (Wildman–Crippen MR) is 81.3 cm³/mol. The highest BCUT2D eigenvalue weighted by Gasteiger charge is 2.52. The number of hydrogen-bond acceptors (Lipinski definition) is 8. The molecule has 0 aromatic carbocycles. The molecule has 2 fully saturated rings. The summed E-state index contributed by atoms with van der Waals surface area (Å²) < 4.78 is 46.5. The molecule has 0 aliphatic carbocycles. The molecule has 0 aromatic heterocycles. The maximum absolute atomic E-state index is 11.0. The van der Waals surface area contributed by atoms with Crippen LogP contribution in [0.2, 0.25) is 0 Å². The number of rotatable bonds is 5. The molecule has 0 amide bonds. The van der Waals surface area contributed by atoms with E-state index >= 15 is 0 Å². The van der Waals surface area contributed by atoms with E-state index in [-0.39, 0.29) is 24.7 Å². The first kappa shape index (κ1) is 19.3. The van der Waals surface area contributed by atoms with Crippen molar-refractivity contribution in [1.82, 2.24) is 0 Å². The van der Waals surface area contributed by atoms with E-state index in [2.05, 4.69) is 4.18 Å². The molecular formula is C12H23O9S2+. The third-order valence-corrected chi connectivity index (χ3v) is 7.14. The average molecular weight is 375 g/mol. The highest BCUT2D eigenvalue weighted by Crippen LogP contribution is 2.30. The fourth-order valence-corrected chi connectivity index (χ4v) is 6.00. The maximum atomic E-state index is 11.0. The zero-order valence-electron chi connectivity index (χ0n) is 12.9. The number of ether oxygens (including phenoxy) is 2. The third-order valence-electron chi connectivity index (χ3n) is 3.84. The Balaban J connectivity index is 2.12. The summed E-state index contributed by atoms with van der Waals surface area (Å²) in [7, 11) is -5.27. The standard InChI is InChI=1S/C12H22O9S2/c1-12(2)19-4-8(21-23(16,17)18)9(20-12)6-22-5-7(14)11(15)10(22)3-13/h7-11,13-15H,3-6H2,1-2H3/p+1/t7-,8+,9-,10-,11+,22?/m1/s1. The molecule has 0 aromatic rings. The first-order valence-corrected chi connectivity index (χ1v) is 10.1. The molecule has 0 radical (unpaired) electrons. The van der Waals surface area contributed by atoms with Crippen LogP contribution in [0.15, 0.2) is 0 Å². The van der Waals surface area contributed by atoms with E-state index in [1.807, 2.05) is 0 Å². The zero-order chi connectivity index (χ0) is 17.4. The molecule has 0 spiro atoms. The fraction of sp³-hybridized carbons (Fsp3) is 1.00. The fourth-order valence-electron chi connectivity index (χ4n) is 2.75. The van der Waals surface area contributed by atoms with Crippen LogP contribution in [-0.2, 0) is 35.0 Å². The quantitative estimate of drug-likeness (QED) is 0.318. The van der Waals surface area contributed by atoms with Crippen LogP contribution in [0.1, 0.15) is 13.8 Å². The first-order valence-electron chi connectivity index (χ1n) is 7.13. The molecule has 23 heavy (non-hydrogen) atoms. The molecule has 0 saturated carbocycles. The second-order valence-corrected chi connectivity index (χ2v) is 9.47. The van der Waals surface area contributed by atoms with Gasteiger partial charge in [0.25, 0.3) is 0 Å². The topological polar surface area (TPSA) is 143 Å². The van der Waals surface area contributed by atoms with E-state index in [4.69, 9.17) is 14.0 Å². The Morgan fingerprint density at radius 1 is 1.35 bits per heavy atom. The summed E-state index contributed by atoms with van der Waals surface area (Å²) in [5.41, 5.74) is 0. The van der Waals surface area contributed by atoms with Gasteiger partial charge in [-0.15, -0.1) is 0 Å². The molecule has 9 nitrogen and oxygen atoms in total. The Hall–Kier alpha value is 0.0200. The van der Waals surface area contributed by atoms with Crippen LogP contribution in [0.25, 0.3) is 0 Å². The van der Waals surface area contributed by atoms with Gasteiger partial charge in [0.15, 0.2) is 11.0 Å². The summed E-state index contributed by atoms with van der Waals surface area (Å²) in [5.74, 6) is -0.406. The van der Waals surface area contributed by atoms with Gasteiger partial charge >= 0.3 is 10.4 Å². The minimum atomic E-state index is -4.67. The lowest BCUT2D eigenvalue weighted by Crippen LogP contribution is -2.53. The van der Waals surface area contributed by atoms with Crippen LogP contribution >= 0.6 is 0 Å². The van der Waals surface area contributed by atoms with E-state index in [0.717, 1.165) is 0 Å². The summed E-state index contributed by atoms with van der Waals surface area (Å²) >= 11 is 0. The molecule has 4 N–H and O–H groups in total. The largest absolute Gasteiger partial charge is 0.397 e. The number of aliphatic hydroxyl groups excluding tert-OH is 3. The van der Waals surface area contributed by atoms with Crippen molar-refractivity contribution in [2.75, 3.05) is 24.7 Å². The molecule has 11 heteroatoms. The SMILES string of the molecule is CC1(C)OC[C@H](OS(=O)(=O)O)[C@@H](C[S+]2C[C@@H](O)[C@H](O)[C@H]2CO)O1. The number of hydrogen-bond donors (Lipinski definition) is 4. The van der Waals surface area contributed by atoms with Crippen molar-refractivity contribution in [1.29, 1.82) is 0 Å². The second-order valence-electron chi connectivity index (χ2n) is 6.08. The van der Waals surface area contributed by atoms with Gasteiger partial charge in [0.05, 0.1) is 13.2 Å². The lowest BCUT2D eigenvalue weighted by Gasteiger charge is -2.39. The van der Waals surface area contributed by atoms with E-state index in [9.17, 15) is 23.7 Å². The van der Waals surface area contributed by atoms with Crippen LogP contribution < -0.4 is 0 Å².